The summed E-state index contributed by atoms with van der Waals surface area (Å²) in [5.41, 5.74) is 10.8. The molecule has 2 aromatic carbocycles. The van der Waals surface area contributed by atoms with Crippen LogP contribution in [-0.4, -0.2) is 22.5 Å². The van der Waals surface area contributed by atoms with E-state index < -0.39 is 0 Å². The lowest BCUT2D eigenvalue weighted by atomic mass is 9.92. The molecule has 2 heteroatoms. The van der Waals surface area contributed by atoms with Gasteiger partial charge in [0.1, 0.15) is 0 Å². The lowest BCUT2D eigenvalue weighted by Gasteiger charge is -2.36. The topological polar surface area (TPSA) is 16.1 Å². The first-order valence-corrected chi connectivity index (χ1v) is 12.5. The Kier molecular flexibility index (Phi) is 7.42. The Bertz CT molecular complexity index is 993. The van der Waals surface area contributed by atoms with Crippen LogP contribution >= 0.6 is 0 Å². The lowest BCUT2D eigenvalue weighted by Crippen LogP contribution is -2.40. The van der Waals surface area contributed by atoms with Gasteiger partial charge in [-0.1, -0.05) is 68.8 Å². The van der Waals surface area contributed by atoms with E-state index in [9.17, 15) is 0 Å². The maximum atomic E-state index is 5.17. The standard InChI is InChI=1S/C30H38N2/c1-5-25-15-12-16-26(6-2)30(25)29-19-22(3)28(23(4)31-29)21-32-18-11-10-17-27(32)20-24-13-8-7-9-14-24/h7-9,12-16,19,27H,5-6,10-11,17-18,20-21H2,1-4H3. The van der Waals surface area contributed by atoms with Crippen LogP contribution in [0.1, 0.15) is 66.6 Å². The number of pyridine rings is 1. The highest BCUT2D eigenvalue weighted by molar-refractivity contribution is 5.69. The van der Waals surface area contributed by atoms with Gasteiger partial charge in [-0.3, -0.25) is 9.88 Å². The normalized spacial score (nSPS) is 16.9. The molecule has 0 aliphatic carbocycles. The van der Waals surface area contributed by atoms with Crippen LogP contribution in [0.3, 0.4) is 0 Å². The van der Waals surface area contributed by atoms with Crippen molar-refractivity contribution in [2.45, 2.75) is 78.8 Å². The summed E-state index contributed by atoms with van der Waals surface area (Å²) in [6.45, 7) is 11.2. The van der Waals surface area contributed by atoms with Gasteiger partial charge in [-0.25, -0.2) is 0 Å². The van der Waals surface area contributed by atoms with Gasteiger partial charge >= 0.3 is 0 Å². The van der Waals surface area contributed by atoms with Crippen LogP contribution < -0.4 is 0 Å². The number of likely N-dealkylation sites (tertiary alicyclic amines) is 1. The van der Waals surface area contributed by atoms with Gasteiger partial charge in [0.25, 0.3) is 0 Å². The van der Waals surface area contributed by atoms with Gasteiger partial charge in [0.05, 0.1) is 5.69 Å². The van der Waals surface area contributed by atoms with Gasteiger partial charge in [0.2, 0.25) is 0 Å². The summed E-state index contributed by atoms with van der Waals surface area (Å²) in [5.74, 6) is 0. The molecule has 0 spiro atoms. The number of piperidine rings is 1. The molecule has 1 atom stereocenters. The van der Waals surface area contributed by atoms with Gasteiger partial charge < -0.3 is 0 Å². The summed E-state index contributed by atoms with van der Waals surface area (Å²) in [4.78, 5) is 7.88. The molecule has 1 fully saturated rings. The molecule has 168 valence electrons. The molecule has 0 bridgehead atoms. The van der Waals surface area contributed by atoms with E-state index in [4.69, 9.17) is 4.98 Å². The monoisotopic (exact) mass is 426 g/mol. The summed E-state index contributed by atoms with van der Waals surface area (Å²) in [6, 6.07) is 20.7. The number of hydrogen-bond donors (Lipinski definition) is 0. The maximum absolute atomic E-state index is 5.17. The Labute approximate surface area is 194 Å². The first kappa shape index (κ1) is 22.7. The highest BCUT2D eigenvalue weighted by atomic mass is 15.2. The van der Waals surface area contributed by atoms with E-state index in [1.165, 1.54) is 64.9 Å². The van der Waals surface area contributed by atoms with Crippen molar-refractivity contribution in [3.05, 3.63) is 88.1 Å². The molecule has 32 heavy (non-hydrogen) atoms. The summed E-state index contributed by atoms with van der Waals surface area (Å²) in [7, 11) is 0. The van der Waals surface area contributed by atoms with Crippen LogP contribution in [-0.2, 0) is 25.8 Å². The van der Waals surface area contributed by atoms with Gasteiger partial charge in [-0.05, 0) is 86.4 Å². The van der Waals surface area contributed by atoms with Gasteiger partial charge in [-0.2, -0.15) is 0 Å². The van der Waals surface area contributed by atoms with E-state index in [0.29, 0.717) is 6.04 Å². The van der Waals surface area contributed by atoms with Crippen LogP contribution in [0.5, 0.6) is 0 Å². The van der Waals surface area contributed by atoms with Crippen LogP contribution in [0.4, 0.5) is 0 Å². The molecule has 2 heterocycles. The second-order valence-electron chi connectivity index (χ2n) is 9.36. The fraction of sp³-hybridized carbons (Fsp3) is 0.433. The molecule has 1 unspecified atom stereocenters. The molecule has 1 aliphatic rings. The smallest absolute Gasteiger partial charge is 0.0713 e. The maximum Gasteiger partial charge on any atom is 0.0713 e. The van der Waals surface area contributed by atoms with Crippen molar-refractivity contribution in [3.8, 4) is 11.3 Å². The minimum absolute atomic E-state index is 0.622. The van der Waals surface area contributed by atoms with E-state index in [-0.39, 0.29) is 0 Å². The zero-order valence-electron chi connectivity index (χ0n) is 20.3. The van der Waals surface area contributed by atoms with Gasteiger partial charge in [0, 0.05) is 23.8 Å². The highest BCUT2D eigenvalue weighted by Crippen LogP contribution is 2.31. The highest BCUT2D eigenvalue weighted by Gasteiger charge is 2.24. The third kappa shape index (κ3) is 4.96. The molecule has 4 rings (SSSR count). The minimum Gasteiger partial charge on any atom is -0.296 e. The molecule has 0 radical (unpaired) electrons. The van der Waals surface area contributed by atoms with E-state index in [0.717, 1.165) is 31.5 Å². The number of nitrogens with zero attached hydrogens (tertiary/aromatic N) is 2. The molecule has 2 nitrogen and oxygen atoms in total. The van der Waals surface area contributed by atoms with Crippen molar-refractivity contribution in [1.29, 1.82) is 0 Å². The molecule has 3 aromatic rings. The van der Waals surface area contributed by atoms with Crippen molar-refractivity contribution in [2.24, 2.45) is 0 Å². The number of rotatable bonds is 7. The third-order valence-corrected chi connectivity index (χ3v) is 7.23. The van der Waals surface area contributed by atoms with Gasteiger partial charge in [0.15, 0.2) is 0 Å². The van der Waals surface area contributed by atoms with E-state index in [1.807, 2.05) is 0 Å². The predicted molar refractivity (Wildman–Crippen MR) is 136 cm³/mol. The van der Waals surface area contributed by atoms with Crippen LogP contribution in [0, 0.1) is 13.8 Å². The van der Waals surface area contributed by atoms with E-state index in [2.05, 4.69) is 87.2 Å². The molecule has 0 amide bonds. The van der Waals surface area contributed by atoms with Crippen molar-refractivity contribution in [3.63, 3.8) is 0 Å². The largest absolute Gasteiger partial charge is 0.296 e. The first-order chi connectivity index (χ1) is 15.6. The van der Waals surface area contributed by atoms with Crippen molar-refractivity contribution < 1.29 is 0 Å². The minimum atomic E-state index is 0.622. The lowest BCUT2D eigenvalue weighted by molar-refractivity contribution is 0.138. The molecule has 0 N–H and O–H groups in total. The summed E-state index contributed by atoms with van der Waals surface area (Å²) in [5, 5.41) is 0. The second kappa shape index (κ2) is 10.4. The SMILES string of the molecule is CCc1cccc(CC)c1-c1cc(C)c(CN2CCCCC2Cc2ccccc2)c(C)n1. The zero-order valence-corrected chi connectivity index (χ0v) is 20.3. The average Bonchev–Trinajstić information content (AvgIpc) is 2.82. The Hall–Kier alpha value is -2.45. The fourth-order valence-electron chi connectivity index (χ4n) is 5.39. The van der Waals surface area contributed by atoms with Crippen LogP contribution in [0.15, 0.2) is 54.6 Å². The summed E-state index contributed by atoms with van der Waals surface area (Å²) < 4.78 is 0. The average molecular weight is 427 g/mol. The summed E-state index contributed by atoms with van der Waals surface area (Å²) in [6.07, 6.45) is 7.17. The molecule has 1 aromatic heterocycles. The summed E-state index contributed by atoms with van der Waals surface area (Å²) >= 11 is 0. The molecule has 1 aliphatic heterocycles. The zero-order chi connectivity index (χ0) is 22.5. The van der Waals surface area contributed by atoms with Crippen molar-refractivity contribution >= 4 is 0 Å². The van der Waals surface area contributed by atoms with E-state index >= 15 is 0 Å². The molecule has 0 saturated carbocycles. The predicted octanol–water partition coefficient (Wildman–Crippen LogP) is 7.09. The van der Waals surface area contributed by atoms with E-state index in [1.54, 1.807) is 0 Å². The Morgan fingerprint density at radius 2 is 1.62 bits per heavy atom. The van der Waals surface area contributed by atoms with Crippen molar-refractivity contribution in [1.82, 2.24) is 9.88 Å². The Balaban J connectivity index is 1.61. The van der Waals surface area contributed by atoms with Gasteiger partial charge in [-0.15, -0.1) is 0 Å². The number of aromatic nitrogens is 1. The van der Waals surface area contributed by atoms with Crippen LogP contribution in [0.2, 0.25) is 0 Å². The fourth-order valence-corrected chi connectivity index (χ4v) is 5.39. The molecular weight excluding hydrogens is 388 g/mol. The van der Waals surface area contributed by atoms with Crippen LogP contribution in [0.25, 0.3) is 11.3 Å². The number of hydrogen-bond acceptors (Lipinski definition) is 2. The number of benzene rings is 2. The molecule has 1 saturated heterocycles. The quantitative estimate of drug-likeness (QED) is 0.401. The third-order valence-electron chi connectivity index (χ3n) is 7.23. The Morgan fingerprint density at radius 1 is 0.906 bits per heavy atom. The second-order valence-corrected chi connectivity index (χ2v) is 9.36. The first-order valence-electron chi connectivity index (χ1n) is 12.5. The number of aryl methyl sites for hydroxylation is 4. The molecular formula is C30H38N2. The Morgan fingerprint density at radius 3 is 2.28 bits per heavy atom. The van der Waals surface area contributed by atoms with Crippen molar-refractivity contribution in [2.75, 3.05) is 6.54 Å².